The molecule has 0 aliphatic heterocycles. The zero-order valence-corrected chi connectivity index (χ0v) is 8.31. The van der Waals surface area contributed by atoms with E-state index in [1.54, 1.807) is 0 Å². The maximum absolute atomic E-state index is 9.22. The molecule has 2 atom stereocenters. The number of hydrogen-bond donors (Lipinski definition) is 2. The second kappa shape index (κ2) is 4.07. The third kappa shape index (κ3) is 4.38. The van der Waals surface area contributed by atoms with Crippen LogP contribution in [0.4, 0.5) is 0 Å². The van der Waals surface area contributed by atoms with Crippen molar-refractivity contribution in [2.45, 2.75) is 58.7 Å². The molecule has 0 fully saturated rings. The van der Waals surface area contributed by atoms with E-state index in [0.29, 0.717) is 0 Å². The van der Waals surface area contributed by atoms with Gasteiger partial charge in [0, 0.05) is 11.6 Å². The lowest BCUT2D eigenvalue weighted by Crippen LogP contribution is -2.48. The minimum Gasteiger partial charge on any atom is -0.392 e. The highest BCUT2D eigenvalue weighted by molar-refractivity contribution is 4.80. The standard InChI is InChI=1S/C9H21NO/c1-6-9(4,5)10-7(2)8(3)11/h7-8,10-11H,6H2,1-5H3. The molecule has 2 unspecified atom stereocenters. The van der Waals surface area contributed by atoms with Crippen molar-refractivity contribution in [3.05, 3.63) is 0 Å². The lowest BCUT2D eigenvalue weighted by atomic mass is 10.00. The second-order valence-electron chi connectivity index (χ2n) is 3.91. The first-order valence-electron chi connectivity index (χ1n) is 4.35. The van der Waals surface area contributed by atoms with Gasteiger partial charge in [-0.25, -0.2) is 0 Å². The van der Waals surface area contributed by atoms with Gasteiger partial charge in [0.05, 0.1) is 6.10 Å². The Morgan fingerprint density at radius 3 is 2.09 bits per heavy atom. The van der Waals surface area contributed by atoms with Crippen LogP contribution < -0.4 is 5.32 Å². The smallest absolute Gasteiger partial charge is 0.0662 e. The van der Waals surface area contributed by atoms with Crippen molar-refractivity contribution >= 4 is 0 Å². The lowest BCUT2D eigenvalue weighted by molar-refractivity contribution is 0.133. The summed E-state index contributed by atoms with van der Waals surface area (Å²) in [5.74, 6) is 0. The van der Waals surface area contributed by atoms with Crippen LogP contribution in [-0.2, 0) is 0 Å². The van der Waals surface area contributed by atoms with Gasteiger partial charge < -0.3 is 10.4 Å². The minimum atomic E-state index is -0.277. The number of hydrogen-bond acceptors (Lipinski definition) is 2. The molecular formula is C9H21NO. The average Bonchev–Trinajstić information content (AvgIpc) is 1.87. The van der Waals surface area contributed by atoms with E-state index in [1.165, 1.54) is 0 Å². The van der Waals surface area contributed by atoms with E-state index in [2.05, 4.69) is 26.1 Å². The van der Waals surface area contributed by atoms with Gasteiger partial charge in [-0.1, -0.05) is 6.92 Å². The molecule has 0 aromatic heterocycles. The number of aliphatic hydroxyl groups is 1. The molecule has 0 aromatic carbocycles. The van der Waals surface area contributed by atoms with Gasteiger partial charge in [-0.2, -0.15) is 0 Å². The van der Waals surface area contributed by atoms with E-state index in [0.717, 1.165) is 6.42 Å². The van der Waals surface area contributed by atoms with Crippen LogP contribution in [0, 0.1) is 0 Å². The molecule has 2 heteroatoms. The zero-order valence-electron chi connectivity index (χ0n) is 8.31. The molecular weight excluding hydrogens is 138 g/mol. The highest BCUT2D eigenvalue weighted by atomic mass is 16.3. The van der Waals surface area contributed by atoms with Gasteiger partial charge in [0.25, 0.3) is 0 Å². The van der Waals surface area contributed by atoms with Crippen LogP contribution in [-0.4, -0.2) is 22.8 Å². The van der Waals surface area contributed by atoms with Crippen molar-refractivity contribution < 1.29 is 5.11 Å². The van der Waals surface area contributed by atoms with Gasteiger partial charge in [-0.3, -0.25) is 0 Å². The Morgan fingerprint density at radius 2 is 1.82 bits per heavy atom. The largest absolute Gasteiger partial charge is 0.392 e. The van der Waals surface area contributed by atoms with E-state index in [4.69, 9.17) is 0 Å². The number of rotatable bonds is 4. The predicted octanol–water partition coefficient (Wildman–Crippen LogP) is 1.53. The van der Waals surface area contributed by atoms with E-state index in [9.17, 15) is 5.11 Å². The molecule has 0 radical (unpaired) electrons. The second-order valence-corrected chi connectivity index (χ2v) is 3.91. The number of nitrogens with one attached hydrogen (secondary N) is 1. The van der Waals surface area contributed by atoms with E-state index < -0.39 is 0 Å². The molecule has 68 valence electrons. The summed E-state index contributed by atoms with van der Waals surface area (Å²) in [6, 6.07) is 0.171. The van der Waals surface area contributed by atoms with Crippen LogP contribution in [0.5, 0.6) is 0 Å². The maximum Gasteiger partial charge on any atom is 0.0662 e. The third-order valence-electron chi connectivity index (χ3n) is 2.23. The Balaban J connectivity index is 3.83. The Morgan fingerprint density at radius 1 is 1.36 bits per heavy atom. The van der Waals surface area contributed by atoms with E-state index in [-0.39, 0.29) is 17.7 Å². The first-order valence-corrected chi connectivity index (χ1v) is 4.35. The van der Waals surface area contributed by atoms with Crippen LogP contribution >= 0.6 is 0 Å². The first kappa shape index (κ1) is 10.9. The van der Waals surface area contributed by atoms with Crippen molar-refractivity contribution in [1.29, 1.82) is 0 Å². The summed E-state index contributed by atoms with van der Waals surface area (Å²) in [5, 5.41) is 12.6. The first-order chi connectivity index (χ1) is 4.89. The summed E-state index contributed by atoms with van der Waals surface area (Å²) in [4.78, 5) is 0. The van der Waals surface area contributed by atoms with Crippen LogP contribution in [0.1, 0.15) is 41.0 Å². The maximum atomic E-state index is 9.22. The molecule has 0 saturated carbocycles. The normalized spacial score (nSPS) is 18.0. The molecule has 0 spiro atoms. The molecule has 2 nitrogen and oxygen atoms in total. The Hall–Kier alpha value is -0.0800. The van der Waals surface area contributed by atoms with Crippen LogP contribution in [0.3, 0.4) is 0 Å². The highest BCUT2D eigenvalue weighted by Gasteiger charge is 2.19. The molecule has 0 rings (SSSR count). The predicted molar refractivity (Wildman–Crippen MR) is 48.6 cm³/mol. The lowest BCUT2D eigenvalue weighted by Gasteiger charge is -2.30. The van der Waals surface area contributed by atoms with Gasteiger partial charge in [0.15, 0.2) is 0 Å². The fourth-order valence-corrected chi connectivity index (χ4v) is 0.839. The summed E-state index contributed by atoms with van der Waals surface area (Å²) >= 11 is 0. The molecule has 2 N–H and O–H groups in total. The van der Waals surface area contributed by atoms with Crippen molar-refractivity contribution in [1.82, 2.24) is 5.32 Å². The fourth-order valence-electron chi connectivity index (χ4n) is 0.839. The average molecular weight is 159 g/mol. The van der Waals surface area contributed by atoms with Gasteiger partial charge in [-0.15, -0.1) is 0 Å². The zero-order chi connectivity index (χ0) is 9.07. The van der Waals surface area contributed by atoms with Crippen LogP contribution in [0.25, 0.3) is 0 Å². The molecule has 0 heterocycles. The van der Waals surface area contributed by atoms with Gasteiger partial charge in [-0.05, 0) is 34.1 Å². The molecule has 0 aromatic rings. The molecule has 11 heavy (non-hydrogen) atoms. The SMILES string of the molecule is CCC(C)(C)NC(C)C(C)O. The Kier molecular flexibility index (Phi) is 4.04. The fraction of sp³-hybridized carbons (Fsp3) is 1.00. The summed E-state index contributed by atoms with van der Waals surface area (Å²) in [5.41, 5.74) is 0.135. The van der Waals surface area contributed by atoms with Crippen LogP contribution in [0.2, 0.25) is 0 Å². The highest BCUT2D eigenvalue weighted by Crippen LogP contribution is 2.09. The summed E-state index contributed by atoms with van der Waals surface area (Å²) < 4.78 is 0. The quantitative estimate of drug-likeness (QED) is 0.652. The van der Waals surface area contributed by atoms with Crippen molar-refractivity contribution in [3.63, 3.8) is 0 Å². The number of aliphatic hydroxyl groups excluding tert-OH is 1. The van der Waals surface area contributed by atoms with Gasteiger partial charge >= 0.3 is 0 Å². The van der Waals surface area contributed by atoms with Gasteiger partial charge in [0.2, 0.25) is 0 Å². The molecule has 0 aliphatic rings. The van der Waals surface area contributed by atoms with E-state index in [1.807, 2.05) is 13.8 Å². The monoisotopic (exact) mass is 159 g/mol. The van der Waals surface area contributed by atoms with Crippen LogP contribution in [0.15, 0.2) is 0 Å². The topological polar surface area (TPSA) is 32.3 Å². The van der Waals surface area contributed by atoms with Gasteiger partial charge in [0.1, 0.15) is 0 Å². The molecule has 0 amide bonds. The van der Waals surface area contributed by atoms with Crippen molar-refractivity contribution in [2.24, 2.45) is 0 Å². The molecule has 0 aliphatic carbocycles. The van der Waals surface area contributed by atoms with Crippen molar-refractivity contribution in [2.75, 3.05) is 0 Å². The summed E-state index contributed by atoms with van der Waals surface area (Å²) in [6.45, 7) is 10.2. The van der Waals surface area contributed by atoms with E-state index >= 15 is 0 Å². The van der Waals surface area contributed by atoms with Crippen molar-refractivity contribution in [3.8, 4) is 0 Å². The summed E-state index contributed by atoms with van der Waals surface area (Å²) in [6.07, 6.45) is 0.796. The Labute approximate surface area is 70.0 Å². The third-order valence-corrected chi connectivity index (χ3v) is 2.23. The summed E-state index contributed by atoms with van der Waals surface area (Å²) in [7, 11) is 0. The minimum absolute atomic E-state index is 0.135. The Bertz CT molecular complexity index is 110. The molecule has 0 saturated heterocycles. The molecule has 0 bridgehead atoms.